The topological polar surface area (TPSA) is 143 Å². The van der Waals surface area contributed by atoms with E-state index in [2.05, 4.69) is 68.4 Å². The van der Waals surface area contributed by atoms with Gasteiger partial charge in [-0.2, -0.15) is 5.26 Å². The van der Waals surface area contributed by atoms with Gasteiger partial charge in [-0.3, -0.25) is 19.2 Å². The van der Waals surface area contributed by atoms with Gasteiger partial charge < -0.3 is 14.2 Å². The van der Waals surface area contributed by atoms with Crippen molar-refractivity contribution in [2.24, 2.45) is 40.4 Å². The molecular formula is C59H73N3O8S4. The van der Waals surface area contributed by atoms with Crippen molar-refractivity contribution in [1.29, 1.82) is 5.26 Å². The number of fused-ring (bicyclic) bond motifs is 2. The minimum Gasteiger partial charge on any atom is -0.458 e. The summed E-state index contributed by atoms with van der Waals surface area (Å²) in [6.45, 7) is 23.7. The molecule has 4 unspecified atom stereocenters. The summed E-state index contributed by atoms with van der Waals surface area (Å²) in [6, 6.07) is 21.2. The van der Waals surface area contributed by atoms with Crippen LogP contribution in [0.15, 0.2) is 99.9 Å². The molecule has 0 N–H and O–H groups in total. The third kappa shape index (κ3) is 12.6. The van der Waals surface area contributed by atoms with E-state index in [9.17, 15) is 29.2 Å². The number of unbranched alkanes of at least 4 members (excludes halogenated alkanes) is 2. The van der Waals surface area contributed by atoms with Crippen LogP contribution in [-0.4, -0.2) is 45.8 Å². The van der Waals surface area contributed by atoms with Crippen LogP contribution >= 0.6 is 47.0 Å². The van der Waals surface area contributed by atoms with E-state index < -0.39 is 47.7 Å². The van der Waals surface area contributed by atoms with Gasteiger partial charge in [0.05, 0.1) is 53.0 Å². The zero-order chi connectivity index (χ0) is 53.6. The van der Waals surface area contributed by atoms with Crippen molar-refractivity contribution in [2.75, 3.05) is 0 Å². The summed E-state index contributed by atoms with van der Waals surface area (Å²) in [5.74, 6) is -2.62. The van der Waals surface area contributed by atoms with Gasteiger partial charge in [-0.15, -0.1) is 0 Å². The average molecular weight is 1080 g/mol. The molecule has 0 spiro atoms. The molecule has 4 aliphatic rings. The molecule has 4 atom stereocenters. The van der Waals surface area contributed by atoms with Crippen LogP contribution in [0.4, 0.5) is 0 Å². The maximum Gasteiger partial charge on any atom is 0.350 e. The first kappa shape index (κ1) is 57.1. The van der Waals surface area contributed by atoms with Crippen LogP contribution in [0.3, 0.4) is 0 Å². The number of nitrogens with zero attached hydrogens (tertiary/aromatic N) is 3. The highest BCUT2D eigenvalue weighted by Crippen LogP contribution is 2.69. The van der Waals surface area contributed by atoms with Crippen molar-refractivity contribution >= 4 is 76.8 Å². The van der Waals surface area contributed by atoms with Crippen LogP contribution in [0.2, 0.25) is 0 Å². The number of hydrogen-bond acceptors (Lipinski definition) is 13. The fourth-order valence-corrected chi connectivity index (χ4v) is 15.7. The highest BCUT2D eigenvalue weighted by molar-refractivity contribution is 8.26. The number of hydrazine groups is 1. The monoisotopic (exact) mass is 1080 g/mol. The van der Waals surface area contributed by atoms with E-state index in [1.807, 2.05) is 74.5 Å². The third-order valence-electron chi connectivity index (χ3n) is 14.7. The van der Waals surface area contributed by atoms with Crippen molar-refractivity contribution in [3.05, 3.63) is 91.4 Å². The Hall–Kier alpha value is -4.62. The standard InChI is InChI=1S/C59H73N3O8S4/c1-12-16-28-38(14-3)53(65)69-45-47-48(72-56(71-47)40(32-60)55(67)68-44-41(58(6,7)8)30-35(5)31-42(44)59(9,10)11)46(70-54(66)39(15-4)29-17-13-2)50-49(45)73-57(74-50)43-51(63)61(33-36-24-20-18-21-25-36)62(52(43)64)34-37-26-22-19-23-27-37/h18-27,35,38-39,41-42,44H,12-17,28-31,33-34H2,1-11H3. The van der Waals surface area contributed by atoms with Gasteiger partial charge in [0.25, 0.3) is 11.8 Å². The van der Waals surface area contributed by atoms with E-state index in [1.54, 1.807) is 0 Å². The molecule has 1 aliphatic carbocycles. The van der Waals surface area contributed by atoms with E-state index in [-0.39, 0.29) is 58.4 Å². The highest BCUT2D eigenvalue weighted by atomic mass is 32.2. The fourth-order valence-electron chi connectivity index (χ4n) is 10.3. The van der Waals surface area contributed by atoms with Crippen molar-refractivity contribution < 1.29 is 38.2 Å². The smallest absolute Gasteiger partial charge is 0.350 e. The fraction of sp³-hybridized carbons (Fsp3) is 0.525. The predicted octanol–water partition coefficient (Wildman–Crippen LogP) is 14.9. The molecule has 15 heteroatoms. The van der Waals surface area contributed by atoms with Gasteiger partial charge in [0.2, 0.25) is 0 Å². The molecule has 7 rings (SSSR count). The normalized spacial score (nSPS) is 20.5. The van der Waals surface area contributed by atoms with Gasteiger partial charge in [0.1, 0.15) is 17.7 Å². The summed E-state index contributed by atoms with van der Waals surface area (Å²) >= 11 is 4.49. The molecule has 1 saturated heterocycles. The van der Waals surface area contributed by atoms with E-state index in [0.29, 0.717) is 59.7 Å². The largest absolute Gasteiger partial charge is 0.458 e. The predicted molar refractivity (Wildman–Crippen MR) is 296 cm³/mol. The molecule has 11 nitrogen and oxygen atoms in total. The molecule has 1 saturated carbocycles. The first-order chi connectivity index (χ1) is 35.2. The lowest BCUT2D eigenvalue weighted by molar-refractivity contribution is -0.164. The number of hydrogen-bond donors (Lipinski definition) is 0. The molecule has 0 radical (unpaired) electrons. The number of thioether (sulfide) groups is 4. The third-order valence-corrected chi connectivity index (χ3v) is 19.9. The summed E-state index contributed by atoms with van der Waals surface area (Å²) < 4.78 is 20.4. The summed E-state index contributed by atoms with van der Waals surface area (Å²) in [5.41, 5.74) is 1.07. The zero-order valence-corrected chi connectivity index (χ0v) is 48.2. The van der Waals surface area contributed by atoms with Crippen LogP contribution < -0.4 is 9.47 Å². The van der Waals surface area contributed by atoms with E-state index in [4.69, 9.17) is 14.2 Å². The lowest BCUT2D eigenvalue weighted by Gasteiger charge is -2.50. The summed E-state index contributed by atoms with van der Waals surface area (Å²) in [7, 11) is 0. The van der Waals surface area contributed by atoms with Gasteiger partial charge >= 0.3 is 17.9 Å². The molecule has 3 aliphatic heterocycles. The SMILES string of the molecule is CCCCC(CC)C(=O)Oc1c2c(c(OC(=O)C(CC)CCCC)c3c1SC(=C1C(=O)N(Cc4ccccc4)N(Cc4ccccc4)C1=O)S3)SC(=C(C#N)C(=O)OC1C(C(C)(C)C)CC(C)CC1C(C)(C)C)S2. The van der Waals surface area contributed by atoms with Crippen LogP contribution in [-0.2, 0) is 41.8 Å². The first-order valence-corrected chi connectivity index (χ1v) is 29.7. The first-order valence-electron chi connectivity index (χ1n) is 26.4. The lowest BCUT2D eigenvalue weighted by Crippen LogP contribution is -2.49. The maximum atomic E-state index is 14.9. The number of nitriles is 1. The molecule has 3 heterocycles. The van der Waals surface area contributed by atoms with Crippen LogP contribution in [0.5, 0.6) is 11.5 Å². The van der Waals surface area contributed by atoms with Gasteiger partial charge in [0.15, 0.2) is 17.1 Å². The molecule has 74 heavy (non-hydrogen) atoms. The number of carbonyl (C=O) groups is 5. The Morgan fingerprint density at radius 1 is 0.662 bits per heavy atom. The number of rotatable bonds is 18. The van der Waals surface area contributed by atoms with Crippen LogP contribution in [0, 0.1) is 51.8 Å². The minimum absolute atomic E-state index is 0.0377. The molecule has 3 aromatic rings. The molecule has 2 amide bonds. The second kappa shape index (κ2) is 24.6. The average Bonchev–Trinajstić information content (AvgIpc) is 4.05. The number of amides is 2. The maximum absolute atomic E-state index is 14.9. The van der Waals surface area contributed by atoms with E-state index in [1.165, 1.54) is 10.0 Å². The molecule has 3 aromatic carbocycles. The zero-order valence-electron chi connectivity index (χ0n) is 45.0. The second-order valence-corrected chi connectivity index (χ2v) is 26.8. The van der Waals surface area contributed by atoms with Gasteiger partial charge in [-0.1, -0.05) is 210 Å². The molecule has 2 fully saturated rings. The van der Waals surface area contributed by atoms with Gasteiger partial charge in [0, 0.05) is 11.8 Å². The van der Waals surface area contributed by atoms with Crippen molar-refractivity contribution in [2.45, 2.75) is 179 Å². The summed E-state index contributed by atoms with van der Waals surface area (Å²) in [4.78, 5) is 75.0. The number of carbonyl (C=O) groups excluding carboxylic acids is 5. The van der Waals surface area contributed by atoms with Crippen molar-refractivity contribution in [3.8, 4) is 17.6 Å². The van der Waals surface area contributed by atoms with Crippen LogP contribution in [0.1, 0.15) is 151 Å². The van der Waals surface area contributed by atoms with Crippen molar-refractivity contribution in [1.82, 2.24) is 10.0 Å². The molecular weight excluding hydrogens is 1010 g/mol. The van der Waals surface area contributed by atoms with E-state index in [0.717, 1.165) is 96.7 Å². The summed E-state index contributed by atoms with van der Waals surface area (Å²) in [5, 5.41) is 13.9. The highest BCUT2D eigenvalue weighted by Gasteiger charge is 2.50. The van der Waals surface area contributed by atoms with Gasteiger partial charge in [-0.05, 0) is 66.4 Å². The Balaban J connectivity index is 1.38. The number of esters is 3. The molecule has 0 bridgehead atoms. The van der Waals surface area contributed by atoms with E-state index >= 15 is 0 Å². The van der Waals surface area contributed by atoms with Crippen molar-refractivity contribution in [3.63, 3.8) is 0 Å². The second-order valence-electron chi connectivity index (χ2n) is 22.2. The number of benzene rings is 3. The quantitative estimate of drug-likeness (QED) is 0.0392. The Morgan fingerprint density at radius 2 is 1.07 bits per heavy atom. The Kier molecular flexibility index (Phi) is 19.0. The Labute approximate surface area is 456 Å². The number of ether oxygens (including phenoxy) is 3. The Bertz CT molecular complexity index is 2550. The summed E-state index contributed by atoms with van der Waals surface area (Å²) in [6.07, 6.45) is 7.01. The molecule has 396 valence electrons. The lowest BCUT2D eigenvalue weighted by atomic mass is 9.59. The van der Waals surface area contributed by atoms with Gasteiger partial charge in [-0.25, -0.2) is 14.8 Å². The minimum atomic E-state index is -0.728. The van der Waals surface area contributed by atoms with Crippen LogP contribution in [0.25, 0.3) is 0 Å². The Morgan fingerprint density at radius 3 is 1.43 bits per heavy atom. The molecule has 0 aromatic heterocycles.